The fourth-order valence-electron chi connectivity index (χ4n) is 7.93. The predicted molar refractivity (Wildman–Crippen MR) is 288 cm³/mol. The van der Waals surface area contributed by atoms with Gasteiger partial charge in [0.05, 0.1) is 0 Å². The molecule has 0 spiro atoms. The first-order valence-electron chi connectivity index (χ1n) is 28.4. The van der Waals surface area contributed by atoms with E-state index >= 15 is 0 Å². The minimum absolute atomic E-state index is 0.0883. The highest BCUT2D eigenvalue weighted by Crippen LogP contribution is 2.16. The summed E-state index contributed by atoms with van der Waals surface area (Å²) in [5.41, 5.74) is 0. The van der Waals surface area contributed by atoms with Gasteiger partial charge in [-0.05, 0) is 89.9 Å². The third kappa shape index (κ3) is 53.7. The lowest BCUT2D eigenvalue weighted by Crippen LogP contribution is -2.30. The molecule has 0 aromatic rings. The minimum Gasteiger partial charge on any atom is -0.462 e. The van der Waals surface area contributed by atoms with Gasteiger partial charge in [-0.25, -0.2) is 0 Å². The summed E-state index contributed by atoms with van der Waals surface area (Å²) in [6, 6.07) is 0. The second kappa shape index (κ2) is 55.4. The lowest BCUT2D eigenvalue weighted by atomic mass is 10.0. The maximum atomic E-state index is 12.8. The summed E-state index contributed by atoms with van der Waals surface area (Å²) < 4.78 is 16.8. The number of carbonyl (C=O) groups excluding carboxylic acids is 3. The van der Waals surface area contributed by atoms with Gasteiger partial charge in [-0.3, -0.25) is 14.4 Å². The van der Waals surface area contributed by atoms with Gasteiger partial charge < -0.3 is 14.2 Å². The highest BCUT2D eigenvalue weighted by Gasteiger charge is 2.19. The normalized spacial score (nSPS) is 12.6. The summed E-state index contributed by atoms with van der Waals surface area (Å²) in [7, 11) is 0. The van der Waals surface area contributed by atoms with Crippen molar-refractivity contribution in [2.75, 3.05) is 13.2 Å². The van der Waals surface area contributed by atoms with E-state index in [9.17, 15) is 14.4 Å². The van der Waals surface area contributed by atoms with Crippen LogP contribution >= 0.6 is 0 Å². The number of rotatable bonds is 51. The molecule has 0 rings (SSSR count). The summed E-state index contributed by atoms with van der Waals surface area (Å²) in [6.07, 6.45) is 70.3. The molecular weight excluding hydrogens is 829 g/mol. The number of hydrogen-bond acceptors (Lipinski definition) is 6. The Balaban J connectivity index is 4.43. The Morgan fingerprint density at radius 3 is 0.940 bits per heavy atom. The van der Waals surface area contributed by atoms with E-state index in [1.54, 1.807) is 0 Å². The van der Waals surface area contributed by atoms with Crippen LogP contribution in [0.2, 0.25) is 0 Å². The van der Waals surface area contributed by atoms with Crippen LogP contribution in [0.3, 0.4) is 0 Å². The van der Waals surface area contributed by atoms with Crippen molar-refractivity contribution in [1.29, 1.82) is 0 Å². The van der Waals surface area contributed by atoms with Crippen LogP contribution in [0.1, 0.15) is 278 Å². The summed E-state index contributed by atoms with van der Waals surface area (Å²) in [5.74, 6) is -0.920. The van der Waals surface area contributed by atoms with Crippen LogP contribution in [0.15, 0.2) is 72.9 Å². The van der Waals surface area contributed by atoms with E-state index in [4.69, 9.17) is 14.2 Å². The monoisotopic (exact) mass is 935 g/mol. The van der Waals surface area contributed by atoms with Gasteiger partial charge in [0.1, 0.15) is 13.2 Å². The van der Waals surface area contributed by atoms with Gasteiger partial charge in [0.25, 0.3) is 0 Å². The molecule has 0 saturated carbocycles. The first-order chi connectivity index (χ1) is 33.0. The largest absolute Gasteiger partial charge is 0.462 e. The van der Waals surface area contributed by atoms with Gasteiger partial charge >= 0.3 is 17.9 Å². The van der Waals surface area contributed by atoms with Crippen molar-refractivity contribution in [2.45, 2.75) is 284 Å². The highest BCUT2D eigenvalue weighted by molar-refractivity contribution is 5.71. The maximum Gasteiger partial charge on any atom is 0.306 e. The number of allylic oxidation sites excluding steroid dienone is 12. The van der Waals surface area contributed by atoms with Gasteiger partial charge in [-0.1, -0.05) is 241 Å². The smallest absolute Gasteiger partial charge is 0.306 e. The number of hydrogen-bond donors (Lipinski definition) is 0. The molecule has 0 fully saturated rings. The van der Waals surface area contributed by atoms with Crippen LogP contribution in [0.5, 0.6) is 0 Å². The quantitative estimate of drug-likeness (QED) is 0.0262. The van der Waals surface area contributed by atoms with Crippen molar-refractivity contribution < 1.29 is 28.6 Å². The minimum atomic E-state index is -0.791. The van der Waals surface area contributed by atoms with Gasteiger partial charge in [-0.2, -0.15) is 0 Å². The molecule has 0 aliphatic carbocycles. The Labute approximate surface area is 414 Å². The molecule has 386 valence electrons. The molecule has 0 bridgehead atoms. The van der Waals surface area contributed by atoms with E-state index in [0.717, 1.165) is 103 Å². The zero-order valence-electron chi connectivity index (χ0n) is 44.2. The van der Waals surface area contributed by atoms with Crippen LogP contribution in [0.4, 0.5) is 0 Å². The number of unbranched alkanes of at least 4 members (excludes halogenated alkanes) is 28. The maximum absolute atomic E-state index is 12.8. The van der Waals surface area contributed by atoms with Crippen LogP contribution in [-0.4, -0.2) is 37.2 Å². The molecular formula is C61H106O6. The van der Waals surface area contributed by atoms with E-state index in [2.05, 4.69) is 93.7 Å². The molecule has 0 radical (unpaired) electrons. The molecule has 0 aliphatic heterocycles. The number of esters is 3. The fourth-order valence-corrected chi connectivity index (χ4v) is 7.93. The van der Waals surface area contributed by atoms with Gasteiger partial charge in [0.15, 0.2) is 6.10 Å². The van der Waals surface area contributed by atoms with E-state index < -0.39 is 6.10 Å². The highest BCUT2D eigenvalue weighted by atomic mass is 16.6. The second-order valence-electron chi connectivity index (χ2n) is 18.8. The Morgan fingerprint density at radius 2 is 0.582 bits per heavy atom. The SMILES string of the molecule is CC/C=C\C/C=C\C/C=C\C/C=C\C/C=C\CCCCCC(=O)OC[C@@H](COC(=O)CCCCCCC/C=C\CCCCCCC)OC(=O)CCCCCCCCCCCCCCCCCC. The zero-order valence-corrected chi connectivity index (χ0v) is 44.2. The lowest BCUT2D eigenvalue weighted by Gasteiger charge is -2.18. The molecule has 0 amide bonds. The van der Waals surface area contributed by atoms with Crippen molar-refractivity contribution >= 4 is 17.9 Å². The molecule has 0 aromatic heterocycles. The van der Waals surface area contributed by atoms with Gasteiger partial charge in [0, 0.05) is 19.3 Å². The summed E-state index contributed by atoms with van der Waals surface area (Å²) in [6.45, 7) is 6.50. The standard InChI is InChI=1S/C61H106O6/c1-4-7-10-13-16-19-22-25-28-30-31-32-34-36-39-42-45-48-51-54-60(63)66-57-58(56-65-59(62)53-50-47-44-41-38-35-27-24-21-18-15-12-9-6-3)67-61(64)55-52-49-46-43-40-37-33-29-26-23-20-17-14-11-8-5-2/h7,10,16,19,24-25,27-28,31-32,36,39,58H,4-6,8-9,11-15,17-18,20-23,26,29-30,33-35,37-38,40-57H2,1-3H3/b10-7-,19-16-,27-24-,28-25-,32-31-,39-36-/t58-/m1/s1. The van der Waals surface area contributed by atoms with Crippen LogP contribution < -0.4 is 0 Å². The number of carbonyl (C=O) groups is 3. The van der Waals surface area contributed by atoms with Crippen LogP contribution in [0, 0.1) is 0 Å². The molecule has 67 heavy (non-hydrogen) atoms. The van der Waals surface area contributed by atoms with E-state index in [1.807, 2.05) is 0 Å². The Hall–Kier alpha value is -3.15. The van der Waals surface area contributed by atoms with E-state index in [1.165, 1.54) is 135 Å². The van der Waals surface area contributed by atoms with Gasteiger partial charge in [0.2, 0.25) is 0 Å². The van der Waals surface area contributed by atoms with E-state index in [-0.39, 0.29) is 31.1 Å². The molecule has 0 saturated heterocycles. The molecule has 1 atom stereocenters. The molecule has 0 aromatic carbocycles. The Bertz CT molecular complexity index is 1260. The Morgan fingerprint density at radius 1 is 0.313 bits per heavy atom. The molecule has 0 heterocycles. The van der Waals surface area contributed by atoms with Crippen molar-refractivity contribution in [1.82, 2.24) is 0 Å². The third-order valence-corrected chi connectivity index (χ3v) is 12.2. The van der Waals surface area contributed by atoms with Crippen LogP contribution in [-0.2, 0) is 28.6 Å². The number of ether oxygens (including phenoxy) is 3. The molecule has 0 aliphatic rings. The van der Waals surface area contributed by atoms with Crippen LogP contribution in [0.25, 0.3) is 0 Å². The molecule has 0 unspecified atom stereocenters. The summed E-state index contributed by atoms with van der Waals surface area (Å²) in [4.78, 5) is 38.1. The first kappa shape index (κ1) is 63.8. The topological polar surface area (TPSA) is 78.9 Å². The van der Waals surface area contributed by atoms with Crippen molar-refractivity contribution in [3.8, 4) is 0 Å². The van der Waals surface area contributed by atoms with Crippen molar-refractivity contribution in [2.24, 2.45) is 0 Å². The summed E-state index contributed by atoms with van der Waals surface area (Å²) >= 11 is 0. The zero-order chi connectivity index (χ0) is 48.6. The van der Waals surface area contributed by atoms with Gasteiger partial charge in [-0.15, -0.1) is 0 Å². The van der Waals surface area contributed by atoms with E-state index in [0.29, 0.717) is 19.3 Å². The molecule has 6 heteroatoms. The Kier molecular flexibility index (Phi) is 52.8. The third-order valence-electron chi connectivity index (χ3n) is 12.2. The second-order valence-corrected chi connectivity index (χ2v) is 18.8. The molecule has 0 N–H and O–H groups in total. The average molecular weight is 936 g/mol. The van der Waals surface area contributed by atoms with Crippen molar-refractivity contribution in [3.05, 3.63) is 72.9 Å². The average Bonchev–Trinajstić information content (AvgIpc) is 3.33. The molecule has 6 nitrogen and oxygen atoms in total. The predicted octanol–water partition coefficient (Wildman–Crippen LogP) is 19.0. The van der Waals surface area contributed by atoms with Crippen molar-refractivity contribution in [3.63, 3.8) is 0 Å². The fraction of sp³-hybridized carbons (Fsp3) is 0.754. The lowest BCUT2D eigenvalue weighted by molar-refractivity contribution is -0.167. The summed E-state index contributed by atoms with van der Waals surface area (Å²) in [5, 5.41) is 0. The first-order valence-corrected chi connectivity index (χ1v) is 28.4.